The van der Waals surface area contributed by atoms with Crippen LogP contribution in [0.5, 0.6) is 0 Å². The van der Waals surface area contributed by atoms with Gasteiger partial charge in [-0.1, -0.05) is 55.5 Å². The van der Waals surface area contributed by atoms with Crippen molar-refractivity contribution in [2.45, 2.75) is 44.4 Å². The molecule has 3 atom stereocenters. The van der Waals surface area contributed by atoms with Crippen LogP contribution in [-0.2, 0) is 14.3 Å². The lowest BCUT2D eigenvalue weighted by Gasteiger charge is -2.31. The summed E-state index contributed by atoms with van der Waals surface area (Å²) in [7, 11) is 0. The molecule has 2 aromatic rings. The van der Waals surface area contributed by atoms with Crippen LogP contribution >= 0.6 is 0 Å². The van der Waals surface area contributed by atoms with Crippen molar-refractivity contribution >= 4 is 18.0 Å². The Kier molecular flexibility index (Phi) is 6.90. The fraction of sp³-hybridized carbons (Fsp3) is 0.375. The number of ether oxygens (including phenoxy) is 1. The highest BCUT2D eigenvalue weighted by molar-refractivity contribution is 5.89. The maximum Gasteiger partial charge on any atom is 0.422 e. The zero-order valence-corrected chi connectivity index (χ0v) is 18.8. The first-order valence-corrected chi connectivity index (χ1v) is 10.6. The third-order valence-corrected chi connectivity index (χ3v) is 6.22. The van der Waals surface area contributed by atoms with Gasteiger partial charge in [0.15, 0.2) is 0 Å². The highest BCUT2D eigenvalue weighted by Gasteiger charge is 2.58. The Bertz CT molecular complexity index is 1060. The second-order valence-corrected chi connectivity index (χ2v) is 8.46. The highest BCUT2D eigenvalue weighted by atomic mass is 19.4. The Hall–Kier alpha value is -3.56. The molecule has 1 aliphatic rings. The van der Waals surface area contributed by atoms with Gasteiger partial charge in [0, 0.05) is 12.0 Å². The van der Waals surface area contributed by atoms with Gasteiger partial charge in [-0.3, -0.25) is 4.79 Å². The lowest BCUT2D eigenvalue weighted by molar-refractivity contribution is -0.207. The van der Waals surface area contributed by atoms with E-state index in [0.29, 0.717) is 6.92 Å². The van der Waals surface area contributed by atoms with Crippen LogP contribution in [0.3, 0.4) is 0 Å². The Labute approximate surface area is 194 Å². The number of halogens is 3. The van der Waals surface area contributed by atoms with E-state index in [4.69, 9.17) is 9.84 Å². The average molecular weight is 478 g/mol. The van der Waals surface area contributed by atoms with Crippen LogP contribution in [-0.4, -0.2) is 47.4 Å². The quantitative estimate of drug-likeness (QED) is 0.557. The number of fused-ring (bicyclic) bond motifs is 3. The van der Waals surface area contributed by atoms with Crippen LogP contribution in [0, 0.1) is 5.92 Å². The first kappa shape index (κ1) is 25.1. The van der Waals surface area contributed by atoms with E-state index in [-0.39, 0.29) is 12.5 Å². The van der Waals surface area contributed by atoms with E-state index in [2.05, 4.69) is 5.32 Å². The van der Waals surface area contributed by atoms with Gasteiger partial charge in [0.1, 0.15) is 6.61 Å². The molecule has 0 saturated carbocycles. The highest BCUT2D eigenvalue weighted by Crippen LogP contribution is 2.44. The minimum absolute atomic E-state index is 0.0261. The number of aliphatic carboxylic acids is 1. The van der Waals surface area contributed by atoms with Crippen LogP contribution < -0.4 is 10.6 Å². The van der Waals surface area contributed by atoms with Gasteiger partial charge in [0.05, 0.1) is 5.92 Å². The lowest BCUT2D eigenvalue weighted by Crippen LogP contribution is -2.63. The van der Waals surface area contributed by atoms with E-state index in [0.717, 1.165) is 22.3 Å². The molecule has 0 bridgehead atoms. The summed E-state index contributed by atoms with van der Waals surface area (Å²) in [6, 6.07) is 14.6. The number of carbonyl (C=O) groups is 3. The minimum Gasteiger partial charge on any atom is -0.479 e. The van der Waals surface area contributed by atoms with Crippen LogP contribution in [0.15, 0.2) is 48.5 Å². The number of carboxylic acids is 1. The number of amides is 2. The molecule has 3 unspecified atom stereocenters. The molecule has 0 fully saturated rings. The summed E-state index contributed by atoms with van der Waals surface area (Å²) in [5, 5.41) is 12.9. The number of carboxylic acid groups (broad SMARTS) is 1. The molecule has 3 N–H and O–H groups in total. The summed E-state index contributed by atoms with van der Waals surface area (Å²) in [6.45, 7) is 3.08. The van der Waals surface area contributed by atoms with Crippen molar-refractivity contribution in [2.75, 3.05) is 6.61 Å². The van der Waals surface area contributed by atoms with Crippen molar-refractivity contribution in [3.8, 4) is 11.1 Å². The predicted molar refractivity (Wildman–Crippen MR) is 117 cm³/mol. The van der Waals surface area contributed by atoms with E-state index in [1.807, 2.05) is 48.5 Å². The molecule has 1 aliphatic carbocycles. The number of hydrogen-bond acceptors (Lipinski definition) is 4. The number of carbonyl (C=O) groups excluding carboxylic acids is 2. The minimum atomic E-state index is -5.21. The first-order chi connectivity index (χ1) is 15.9. The monoisotopic (exact) mass is 478 g/mol. The molecular weight excluding hydrogens is 453 g/mol. The molecular formula is C24H25F3N2O5. The summed E-state index contributed by atoms with van der Waals surface area (Å²) in [5.74, 6) is -4.76. The molecule has 182 valence electrons. The van der Waals surface area contributed by atoms with Crippen molar-refractivity contribution in [3.63, 3.8) is 0 Å². The molecule has 0 spiro atoms. The van der Waals surface area contributed by atoms with Crippen molar-refractivity contribution in [1.29, 1.82) is 0 Å². The average Bonchev–Trinajstić information content (AvgIpc) is 3.09. The van der Waals surface area contributed by atoms with Gasteiger partial charge in [0.25, 0.3) is 0 Å². The van der Waals surface area contributed by atoms with Crippen LogP contribution in [0.1, 0.15) is 37.8 Å². The van der Waals surface area contributed by atoms with Gasteiger partial charge in [-0.25, -0.2) is 9.59 Å². The molecule has 34 heavy (non-hydrogen) atoms. The van der Waals surface area contributed by atoms with Gasteiger partial charge >= 0.3 is 18.2 Å². The van der Waals surface area contributed by atoms with Crippen molar-refractivity contribution in [1.82, 2.24) is 10.6 Å². The summed E-state index contributed by atoms with van der Waals surface area (Å²) in [5.41, 5.74) is 0.672. The molecule has 0 heterocycles. The largest absolute Gasteiger partial charge is 0.479 e. The van der Waals surface area contributed by atoms with Gasteiger partial charge in [0.2, 0.25) is 11.4 Å². The summed E-state index contributed by atoms with van der Waals surface area (Å²) >= 11 is 0. The number of alkyl carbamates (subject to hydrolysis) is 1. The Morgan fingerprint density at radius 1 is 1.00 bits per heavy atom. The molecule has 10 heteroatoms. The molecule has 0 aromatic heterocycles. The van der Waals surface area contributed by atoms with E-state index in [1.54, 1.807) is 0 Å². The van der Waals surface area contributed by atoms with E-state index in [9.17, 15) is 27.6 Å². The summed E-state index contributed by atoms with van der Waals surface area (Å²) in [4.78, 5) is 35.8. The third kappa shape index (κ3) is 4.71. The maximum absolute atomic E-state index is 13.2. The third-order valence-electron chi connectivity index (χ3n) is 6.22. The number of rotatable bonds is 7. The normalized spacial score (nSPS) is 16.4. The van der Waals surface area contributed by atoms with Gasteiger partial charge in [-0.2, -0.15) is 13.2 Å². The fourth-order valence-corrected chi connectivity index (χ4v) is 3.78. The zero-order valence-electron chi connectivity index (χ0n) is 18.8. The number of alkyl halides is 3. The molecule has 2 aromatic carbocycles. The van der Waals surface area contributed by atoms with E-state index >= 15 is 0 Å². The molecule has 0 radical (unpaired) electrons. The van der Waals surface area contributed by atoms with Gasteiger partial charge in [-0.05, 0) is 36.1 Å². The van der Waals surface area contributed by atoms with Crippen molar-refractivity contribution < 1.29 is 37.4 Å². The van der Waals surface area contributed by atoms with Gasteiger partial charge < -0.3 is 20.5 Å². The number of hydrogen-bond donors (Lipinski definition) is 3. The van der Waals surface area contributed by atoms with Crippen molar-refractivity contribution in [2.24, 2.45) is 5.92 Å². The number of benzene rings is 2. The summed E-state index contributed by atoms with van der Waals surface area (Å²) in [6.07, 6.45) is -6.05. The van der Waals surface area contributed by atoms with Gasteiger partial charge in [-0.15, -0.1) is 0 Å². The Morgan fingerprint density at radius 3 is 1.97 bits per heavy atom. The first-order valence-electron chi connectivity index (χ1n) is 10.6. The van der Waals surface area contributed by atoms with Crippen LogP contribution in [0.2, 0.25) is 0 Å². The van der Waals surface area contributed by atoms with E-state index < -0.39 is 41.6 Å². The lowest BCUT2D eigenvalue weighted by atomic mass is 9.97. The Balaban J connectivity index is 1.61. The van der Waals surface area contributed by atoms with E-state index in [1.165, 1.54) is 19.2 Å². The fourth-order valence-electron chi connectivity index (χ4n) is 3.78. The second-order valence-electron chi connectivity index (χ2n) is 8.46. The smallest absolute Gasteiger partial charge is 0.422 e. The van der Waals surface area contributed by atoms with Crippen LogP contribution in [0.25, 0.3) is 11.1 Å². The second kappa shape index (κ2) is 9.36. The topological polar surface area (TPSA) is 105 Å². The molecule has 0 aliphatic heterocycles. The standard InChI is InChI=1S/C24H25F3N2O5/c1-13(20(30)29-23(3,21(31)32)24(25,26)27)14(2)28-22(33)34-12-19-17-10-6-4-8-15(17)16-9-5-7-11-18(16)19/h4-11,13-14,19H,12H2,1-3H3,(H,28,33)(H,29,30)(H,31,32). The maximum atomic E-state index is 13.2. The molecule has 2 amide bonds. The predicted octanol–water partition coefficient (Wildman–Crippen LogP) is 4.07. The van der Waals surface area contributed by atoms with Crippen molar-refractivity contribution in [3.05, 3.63) is 59.7 Å². The van der Waals surface area contributed by atoms with Crippen LogP contribution in [0.4, 0.5) is 18.0 Å². The molecule has 3 rings (SSSR count). The number of nitrogens with one attached hydrogen (secondary N) is 2. The Morgan fingerprint density at radius 2 is 1.50 bits per heavy atom. The zero-order chi connectivity index (χ0) is 25.3. The molecule has 7 nitrogen and oxygen atoms in total. The SMILES string of the molecule is CC(NC(=O)OCC1c2ccccc2-c2ccccc21)C(C)C(=O)NC(C)(C(=O)O)C(F)(F)F. The summed E-state index contributed by atoms with van der Waals surface area (Å²) < 4.78 is 44.9. The molecule has 0 saturated heterocycles.